The van der Waals surface area contributed by atoms with Gasteiger partial charge in [0.05, 0.1) is 19.8 Å². The molecule has 0 spiro atoms. The Kier molecular flexibility index (Phi) is 15.0. The summed E-state index contributed by atoms with van der Waals surface area (Å²) in [6, 6.07) is 0. The number of carbonyl (C=O) groups excluding carboxylic acids is 2. The number of methoxy groups -OCH3 is 1. The average molecular weight is 484 g/mol. The van der Waals surface area contributed by atoms with Gasteiger partial charge < -0.3 is 14.6 Å². The molecule has 0 aromatic rings. The van der Waals surface area contributed by atoms with E-state index >= 15 is 0 Å². The highest BCUT2D eigenvalue weighted by atomic mass is 16.6. The van der Waals surface area contributed by atoms with Gasteiger partial charge in [0.2, 0.25) is 6.41 Å². The highest BCUT2D eigenvalue weighted by Crippen LogP contribution is 2.39. The molecule has 34 heavy (non-hydrogen) atoms. The first-order chi connectivity index (χ1) is 16.3. The minimum atomic E-state index is -1.47. The second kappa shape index (κ2) is 16.5. The monoisotopic (exact) mass is 483 g/mol. The van der Waals surface area contributed by atoms with E-state index in [2.05, 4.69) is 6.92 Å². The molecule has 1 fully saturated rings. The summed E-state index contributed by atoms with van der Waals surface area (Å²) in [5.41, 5.74) is -1.85. The van der Waals surface area contributed by atoms with Gasteiger partial charge in [0.1, 0.15) is 6.23 Å². The summed E-state index contributed by atoms with van der Waals surface area (Å²) in [5, 5.41) is 11.0. The van der Waals surface area contributed by atoms with Crippen molar-refractivity contribution in [3.8, 4) is 0 Å². The number of amides is 1. The predicted octanol–water partition coefficient (Wildman–Crippen LogP) is 6.38. The molecule has 0 radical (unpaired) electrons. The average Bonchev–Trinajstić information content (AvgIpc) is 3.22. The van der Waals surface area contributed by atoms with Gasteiger partial charge in [-0.25, -0.2) is 4.79 Å². The Labute approximate surface area is 209 Å². The Morgan fingerprint density at radius 3 is 1.79 bits per heavy atom. The summed E-state index contributed by atoms with van der Waals surface area (Å²) in [5.74, 6) is -0.611. The van der Waals surface area contributed by atoms with Gasteiger partial charge in [0, 0.05) is 5.41 Å². The zero-order chi connectivity index (χ0) is 25.5. The molecule has 6 heteroatoms. The van der Waals surface area contributed by atoms with Crippen molar-refractivity contribution in [2.45, 2.75) is 148 Å². The van der Waals surface area contributed by atoms with Crippen LogP contribution in [0.3, 0.4) is 0 Å². The Morgan fingerprint density at radius 1 is 0.971 bits per heavy atom. The van der Waals surface area contributed by atoms with Crippen LogP contribution in [0.2, 0.25) is 0 Å². The summed E-state index contributed by atoms with van der Waals surface area (Å²) in [6.45, 7) is 8.06. The van der Waals surface area contributed by atoms with Crippen molar-refractivity contribution in [1.82, 2.24) is 4.90 Å². The molecule has 1 aliphatic rings. The van der Waals surface area contributed by atoms with Gasteiger partial charge in [-0.15, -0.1) is 0 Å². The van der Waals surface area contributed by atoms with Crippen molar-refractivity contribution < 1.29 is 24.2 Å². The Bertz CT molecular complexity index is 561. The summed E-state index contributed by atoms with van der Waals surface area (Å²) >= 11 is 0. The van der Waals surface area contributed by atoms with Crippen LogP contribution < -0.4 is 0 Å². The number of esters is 1. The summed E-state index contributed by atoms with van der Waals surface area (Å²) in [6.07, 6.45) is 18.6. The first-order valence-electron chi connectivity index (χ1n) is 13.9. The van der Waals surface area contributed by atoms with E-state index in [1.165, 1.54) is 89.1 Å². The highest BCUT2D eigenvalue weighted by molar-refractivity contribution is 5.85. The van der Waals surface area contributed by atoms with Crippen LogP contribution in [0.15, 0.2) is 0 Å². The number of nitrogens with zero attached hydrogens (tertiary/aromatic N) is 1. The SMILES string of the molecule is CCCCCCCCCCCCCCCCC[C@@H](O)[C@@]1(C(=O)OC)CO[C@H](C(C)(C)C)N1C=O. The number of unbranched alkanes of at least 4 members (excludes halogenated alkanes) is 14. The molecule has 0 bridgehead atoms. The van der Waals surface area contributed by atoms with Crippen LogP contribution in [-0.4, -0.2) is 54.0 Å². The van der Waals surface area contributed by atoms with Gasteiger partial charge in [-0.05, 0) is 6.42 Å². The largest absolute Gasteiger partial charge is 0.467 e. The van der Waals surface area contributed by atoms with E-state index in [4.69, 9.17) is 9.47 Å². The summed E-state index contributed by atoms with van der Waals surface area (Å²) < 4.78 is 10.8. The number of ether oxygens (including phenoxy) is 2. The van der Waals surface area contributed by atoms with Crippen molar-refractivity contribution in [3.05, 3.63) is 0 Å². The minimum absolute atomic E-state index is 0.0414. The van der Waals surface area contributed by atoms with Gasteiger partial charge in [-0.3, -0.25) is 9.69 Å². The predicted molar refractivity (Wildman–Crippen MR) is 137 cm³/mol. The van der Waals surface area contributed by atoms with E-state index in [1.807, 2.05) is 20.8 Å². The number of rotatable bonds is 19. The van der Waals surface area contributed by atoms with Crippen molar-refractivity contribution in [3.63, 3.8) is 0 Å². The fourth-order valence-corrected chi connectivity index (χ4v) is 5.08. The smallest absolute Gasteiger partial charge is 0.337 e. The van der Waals surface area contributed by atoms with Crippen LogP contribution in [0.5, 0.6) is 0 Å². The van der Waals surface area contributed by atoms with Crippen LogP contribution in [0, 0.1) is 5.41 Å². The van der Waals surface area contributed by atoms with Crippen LogP contribution >= 0.6 is 0 Å². The fraction of sp³-hybridized carbons (Fsp3) is 0.929. The standard InChI is InChI=1S/C28H53NO5/c1-6-7-8-9-10-11-12-13-14-15-16-17-18-19-20-21-24(31)28(26(32)33-5)22-34-25(27(2,3)4)29(28)23-30/h23-25,31H,6-22H2,1-5H3/t24-,25-,28-/m1/s1. The van der Waals surface area contributed by atoms with Gasteiger partial charge in [-0.2, -0.15) is 0 Å². The molecule has 1 saturated heterocycles. The zero-order valence-corrected chi connectivity index (χ0v) is 22.8. The van der Waals surface area contributed by atoms with Crippen molar-refractivity contribution >= 4 is 12.4 Å². The summed E-state index contributed by atoms with van der Waals surface area (Å²) in [7, 11) is 1.29. The molecule has 0 aliphatic carbocycles. The number of carbonyl (C=O) groups is 2. The lowest BCUT2D eigenvalue weighted by Crippen LogP contribution is -2.63. The summed E-state index contributed by atoms with van der Waals surface area (Å²) in [4.78, 5) is 26.0. The van der Waals surface area contributed by atoms with E-state index in [-0.39, 0.29) is 12.0 Å². The Morgan fingerprint density at radius 2 is 1.41 bits per heavy atom. The van der Waals surface area contributed by atoms with E-state index in [0.717, 1.165) is 19.3 Å². The molecule has 0 aromatic heterocycles. The molecule has 3 atom stereocenters. The molecule has 1 N–H and O–H groups in total. The third-order valence-corrected chi connectivity index (χ3v) is 7.20. The van der Waals surface area contributed by atoms with Gasteiger partial charge in [-0.1, -0.05) is 124 Å². The first-order valence-corrected chi connectivity index (χ1v) is 13.9. The van der Waals surface area contributed by atoms with Crippen LogP contribution in [0.1, 0.15) is 130 Å². The maximum Gasteiger partial charge on any atom is 0.337 e. The van der Waals surface area contributed by atoms with Crippen LogP contribution in [-0.2, 0) is 19.1 Å². The van der Waals surface area contributed by atoms with E-state index in [0.29, 0.717) is 12.8 Å². The first kappa shape index (κ1) is 30.9. The minimum Gasteiger partial charge on any atom is -0.467 e. The lowest BCUT2D eigenvalue weighted by Gasteiger charge is -2.40. The molecule has 0 saturated carbocycles. The third-order valence-electron chi connectivity index (χ3n) is 7.20. The van der Waals surface area contributed by atoms with E-state index in [1.54, 1.807) is 0 Å². The quantitative estimate of drug-likeness (QED) is 0.131. The topological polar surface area (TPSA) is 76.1 Å². The molecular formula is C28H53NO5. The molecule has 1 aliphatic heterocycles. The fourth-order valence-electron chi connectivity index (χ4n) is 5.08. The van der Waals surface area contributed by atoms with Crippen molar-refractivity contribution in [2.75, 3.05) is 13.7 Å². The Balaban J connectivity index is 2.26. The highest BCUT2D eigenvalue weighted by Gasteiger charge is 2.60. The number of aliphatic hydroxyl groups is 1. The van der Waals surface area contributed by atoms with Crippen molar-refractivity contribution in [1.29, 1.82) is 0 Å². The maximum absolute atomic E-state index is 12.7. The molecule has 1 heterocycles. The third kappa shape index (κ3) is 9.49. The lowest BCUT2D eigenvalue weighted by atomic mass is 9.86. The second-order valence-corrected chi connectivity index (χ2v) is 11.2. The van der Waals surface area contributed by atoms with Crippen LogP contribution in [0.25, 0.3) is 0 Å². The maximum atomic E-state index is 12.7. The number of hydrogen-bond donors (Lipinski definition) is 1. The van der Waals surface area contributed by atoms with E-state index < -0.39 is 23.8 Å². The molecule has 200 valence electrons. The zero-order valence-electron chi connectivity index (χ0n) is 22.8. The van der Waals surface area contributed by atoms with Gasteiger partial charge in [0.15, 0.2) is 5.54 Å². The van der Waals surface area contributed by atoms with Crippen molar-refractivity contribution in [2.24, 2.45) is 5.41 Å². The Hall–Kier alpha value is -1.14. The lowest BCUT2D eigenvalue weighted by molar-refractivity contribution is -0.167. The second-order valence-electron chi connectivity index (χ2n) is 11.2. The molecule has 1 rings (SSSR count). The normalized spacial score (nSPS) is 21.6. The number of hydrogen-bond acceptors (Lipinski definition) is 5. The van der Waals surface area contributed by atoms with Gasteiger partial charge >= 0.3 is 5.97 Å². The molecular weight excluding hydrogens is 430 g/mol. The van der Waals surface area contributed by atoms with Gasteiger partial charge in [0.25, 0.3) is 0 Å². The number of aliphatic hydroxyl groups excluding tert-OH is 1. The molecule has 6 nitrogen and oxygen atoms in total. The molecule has 0 unspecified atom stereocenters. The van der Waals surface area contributed by atoms with Crippen LogP contribution in [0.4, 0.5) is 0 Å². The molecule has 1 amide bonds. The van der Waals surface area contributed by atoms with E-state index in [9.17, 15) is 14.7 Å². The molecule has 0 aromatic carbocycles.